The lowest BCUT2D eigenvalue weighted by atomic mass is 10.2. The van der Waals surface area contributed by atoms with Gasteiger partial charge in [0.05, 0.1) is 13.3 Å². The number of anilines is 1. The highest BCUT2D eigenvalue weighted by atomic mass is 16.5. The third-order valence-corrected chi connectivity index (χ3v) is 3.49. The molecule has 2 heterocycles. The molecule has 1 saturated heterocycles. The summed E-state index contributed by atoms with van der Waals surface area (Å²) in [4.78, 5) is 6.56. The summed E-state index contributed by atoms with van der Waals surface area (Å²) in [7, 11) is 1.62. The van der Waals surface area contributed by atoms with E-state index in [-0.39, 0.29) is 0 Å². The number of rotatable bonds is 4. The summed E-state index contributed by atoms with van der Waals surface area (Å²) in [5.74, 6) is 2.06. The zero-order valence-electron chi connectivity index (χ0n) is 12.1. The number of hydrogen-bond donors (Lipinski definition) is 1. The molecule has 5 heteroatoms. The van der Waals surface area contributed by atoms with E-state index in [1.807, 2.05) is 18.2 Å². The van der Waals surface area contributed by atoms with Gasteiger partial charge < -0.3 is 19.7 Å². The van der Waals surface area contributed by atoms with Gasteiger partial charge >= 0.3 is 0 Å². The van der Waals surface area contributed by atoms with Crippen molar-refractivity contribution in [3.63, 3.8) is 0 Å². The summed E-state index contributed by atoms with van der Waals surface area (Å²) in [5, 5.41) is 3.35. The number of nitrogens with one attached hydrogen (secondary N) is 1. The second kappa shape index (κ2) is 6.45. The first-order valence-electron chi connectivity index (χ1n) is 7.09. The quantitative estimate of drug-likeness (QED) is 0.934. The fraction of sp³-hybridized carbons (Fsp3) is 0.312. The lowest BCUT2D eigenvalue weighted by Gasteiger charge is -2.29. The highest BCUT2D eigenvalue weighted by Gasteiger charge is 2.10. The minimum Gasteiger partial charge on any atom is -0.495 e. The van der Waals surface area contributed by atoms with Crippen LogP contribution in [0.5, 0.6) is 17.4 Å². The number of piperazine rings is 1. The lowest BCUT2D eigenvalue weighted by Crippen LogP contribution is -2.43. The van der Waals surface area contributed by atoms with Crippen molar-refractivity contribution in [2.75, 3.05) is 38.2 Å². The first kappa shape index (κ1) is 13.7. The standard InChI is InChI=1S/C16H19N3O2/c1-20-15-6-7-16(18-12-15)21-14-4-2-13(3-5-14)19-10-8-17-9-11-19/h2-7,12,17H,8-11H2,1H3. The molecule has 1 aliphatic rings. The van der Waals surface area contributed by atoms with Gasteiger partial charge in [-0.05, 0) is 30.3 Å². The summed E-state index contributed by atoms with van der Waals surface area (Å²) in [5.41, 5.74) is 1.23. The van der Waals surface area contributed by atoms with E-state index in [0.717, 1.165) is 37.7 Å². The van der Waals surface area contributed by atoms with Crippen molar-refractivity contribution in [1.82, 2.24) is 10.3 Å². The number of benzene rings is 1. The Balaban J connectivity index is 1.65. The number of methoxy groups -OCH3 is 1. The predicted molar refractivity (Wildman–Crippen MR) is 82.4 cm³/mol. The van der Waals surface area contributed by atoms with Crippen molar-refractivity contribution in [3.05, 3.63) is 42.6 Å². The van der Waals surface area contributed by atoms with E-state index in [4.69, 9.17) is 9.47 Å². The minimum absolute atomic E-state index is 0.561. The molecule has 2 aromatic rings. The Morgan fingerprint density at radius 2 is 1.71 bits per heavy atom. The molecule has 0 aliphatic carbocycles. The largest absolute Gasteiger partial charge is 0.495 e. The van der Waals surface area contributed by atoms with Gasteiger partial charge in [0, 0.05) is 37.9 Å². The topological polar surface area (TPSA) is 46.6 Å². The Morgan fingerprint density at radius 3 is 2.33 bits per heavy atom. The second-order valence-corrected chi connectivity index (χ2v) is 4.87. The van der Waals surface area contributed by atoms with Crippen LogP contribution in [0.15, 0.2) is 42.6 Å². The third-order valence-electron chi connectivity index (χ3n) is 3.49. The van der Waals surface area contributed by atoms with Crippen LogP contribution in [0.3, 0.4) is 0 Å². The highest BCUT2D eigenvalue weighted by Crippen LogP contribution is 2.24. The van der Waals surface area contributed by atoms with Crippen molar-refractivity contribution >= 4 is 5.69 Å². The number of ether oxygens (including phenoxy) is 2. The fourth-order valence-corrected chi connectivity index (χ4v) is 2.32. The molecule has 5 nitrogen and oxygen atoms in total. The Kier molecular flexibility index (Phi) is 4.21. The maximum absolute atomic E-state index is 5.72. The highest BCUT2D eigenvalue weighted by molar-refractivity contribution is 5.49. The number of aromatic nitrogens is 1. The van der Waals surface area contributed by atoms with Crippen molar-refractivity contribution in [2.45, 2.75) is 0 Å². The Hall–Kier alpha value is -2.27. The van der Waals surface area contributed by atoms with E-state index in [0.29, 0.717) is 5.88 Å². The van der Waals surface area contributed by atoms with Gasteiger partial charge in [0.1, 0.15) is 11.5 Å². The molecule has 0 saturated carbocycles. The number of nitrogens with zero attached hydrogens (tertiary/aromatic N) is 2. The van der Waals surface area contributed by atoms with Gasteiger partial charge in [0.15, 0.2) is 0 Å². The lowest BCUT2D eigenvalue weighted by molar-refractivity contribution is 0.408. The average molecular weight is 285 g/mol. The molecule has 1 aromatic carbocycles. The molecule has 1 aliphatic heterocycles. The SMILES string of the molecule is COc1ccc(Oc2ccc(N3CCNCC3)cc2)nc1. The fourth-order valence-electron chi connectivity index (χ4n) is 2.32. The molecule has 1 N–H and O–H groups in total. The maximum Gasteiger partial charge on any atom is 0.219 e. The van der Waals surface area contributed by atoms with Gasteiger partial charge in [-0.2, -0.15) is 0 Å². The van der Waals surface area contributed by atoms with Crippen LogP contribution in [-0.4, -0.2) is 38.3 Å². The number of pyridine rings is 1. The van der Waals surface area contributed by atoms with E-state index >= 15 is 0 Å². The van der Waals surface area contributed by atoms with Gasteiger partial charge in [-0.15, -0.1) is 0 Å². The van der Waals surface area contributed by atoms with Crippen LogP contribution in [0, 0.1) is 0 Å². The average Bonchev–Trinajstić information content (AvgIpc) is 2.57. The summed E-state index contributed by atoms with van der Waals surface area (Å²) in [6, 6.07) is 11.8. The van der Waals surface area contributed by atoms with Crippen LogP contribution in [0.1, 0.15) is 0 Å². The van der Waals surface area contributed by atoms with E-state index in [1.165, 1.54) is 5.69 Å². The van der Waals surface area contributed by atoms with Crippen LogP contribution < -0.4 is 19.7 Å². The van der Waals surface area contributed by atoms with Crippen LogP contribution in [0.2, 0.25) is 0 Å². The second-order valence-electron chi connectivity index (χ2n) is 4.87. The molecular formula is C16H19N3O2. The Bertz CT molecular complexity index is 563. The zero-order valence-corrected chi connectivity index (χ0v) is 12.1. The molecule has 0 radical (unpaired) electrons. The first-order chi connectivity index (χ1) is 10.3. The molecule has 0 amide bonds. The first-order valence-corrected chi connectivity index (χ1v) is 7.09. The summed E-state index contributed by atoms with van der Waals surface area (Å²) in [6.07, 6.45) is 1.64. The Labute approximate surface area is 124 Å². The summed E-state index contributed by atoms with van der Waals surface area (Å²) in [6.45, 7) is 4.16. The molecule has 3 rings (SSSR count). The molecule has 110 valence electrons. The monoisotopic (exact) mass is 285 g/mol. The molecular weight excluding hydrogens is 266 g/mol. The van der Waals surface area contributed by atoms with E-state index in [9.17, 15) is 0 Å². The number of hydrogen-bond acceptors (Lipinski definition) is 5. The molecule has 21 heavy (non-hydrogen) atoms. The molecule has 0 bridgehead atoms. The predicted octanol–water partition coefficient (Wildman–Crippen LogP) is 2.29. The van der Waals surface area contributed by atoms with Crippen LogP contribution in [-0.2, 0) is 0 Å². The smallest absolute Gasteiger partial charge is 0.219 e. The van der Waals surface area contributed by atoms with Gasteiger partial charge in [-0.1, -0.05) is 0 Å². The Morgan fingerprint density at radius 1 is 1.00 bits per heavy atom. The summed E-state index contributed by atoms with van der Waals surface area (Å²) >= 11 is 0. The minimum atomic E-state index is 0.561. The normalized spacial score (nSPS) is 14.8. The zero-order chi connectivity index (χ0) is 14.5. The molecule has 1 fully saturated rings. The third kappa shape index (κ3) is 3.44. The van der Waals surface area contributed by atoms with Crippen molar-refractivity contribution in [3.8, 4) is 17.4 Å². The molecule has 1 aromatic heterocycles. The van der Waals surface area contributed by atoms with Crippen molar-refractivity contribution in [1.29, 1.82) is 0 Å². The molecule has 0 unspecified atom stereocenters. The van der Waals surface area contributed by atoms with Crippen molar-refractivity contribution in [2.24, 2.45) is 0 Å². The van der Waals surface area contributed by atoms with E-state index in [2.05, 4.69) is 27.3 Å². The van der Waals surface area contributed by atoms with Gasteiger partial charge in [-0.3, -0.25) is 0 Å². The van der Waals surface area contributed by atoms with E-state index < -0.39 is 0 Å². The van der Waals surface area contributed by atoms with Gasteiger partial charge in [0.25, 0.3) is 0 Å². The maximum atomic E-state index is 5.72. The molecule has 0 spiro atoms. The van der Waals surface area contributed by atoms with Crippen LogP contribution >= 0.6 is 0 Å². The van der Waals surface area contributed by atoms with Crippen LogP contribution in [0.4, 0.5) is 5.69 Å². The summed E-state index contributed by atoms with van der Waals surface area (Å²) < 4.78 is 10.8. The van der Waals surface area contributed by atoms with Gasteiger partial charge in [0.2, 0.25) is 5.88 Å². The van der Waals surface area contributed by atoms with Crippen LogP contribution in [0.25, 0.3) is 0 Å². The van der Waals surface area contributed by atoms with E-state index in [1.54, 1.807) is 19.4 Å². The van der Waals surface area contributed by atoms with Crippen molar-refractivity contribution < 1.29 is 9.47 Å². The van der Waals surface area contributed by atoms with Gasteiger partial charge in [-0.25, -0.2) is 4.98 Å². The molecule has 0 atom stereocenters.